The number of carboxylic acids is 1. The minimum Gasteiger partial charge on any atom is -0.478 e. The molecule has 0 saturated heterocycles. The van der Waals surface area contributed by atoms with Gasteiger partial charge < -0.3 is 14.8 Å². The molecule has 1 unspecified atom stereocenters. The summed E-state index contributed by atoms with van der Waals surface area (Å²) < 4.78 is 5.58. The number of thioether (sulfide) groups is 1. The van der Waals surface area contributed by atoms with Crippen molar-refractivity contribution in [1.82, 2.24) is 4.98 Å². The summed E-state index contributed by atoms with van der Waals surface area (Å²) in [5.74, 6) is -1.30. The van der Waals surface area contributed by atoms with Gasteiger partial charge in [-0.15, -0.1) is 0 Å². The van der Waals surface area contributed by atoms with Gasteiger partial charge in [0.05, 0.1) is 10.8 Å². The van der Waals surface area contributed by atoms with Gasteiger partial charge in [-0.05, 0) is 37.3 Å². The minimum absolute atomic E-state index is 0.118. The zero-order valence-electron chi connectivity index (χ0n) is 12.7. The minimum atomic E-state index is -1.04. The molecule has 1 aromatic heterocycles. The van der Waals surface area contributed by atoms with Crippen LogP contribution < -0.4 is 5.32 Å². The Kier molecular flexibility index (Phi) is 4.52. The molecule has 0 aliphatic heterocycles. The third kappa shape index (κ3) is 3.57. The molecule has 0 aliphatic rings. The topological polar surface area (TPSA) is 92.4 Å². The number of hydrogen-bond donors (Lipinski definition) is 2. The van der Waals surface area contributed by atoms with Crippen molar-refractivity contribution < 1.29 is 19.1 Å². The normalized spacial score (nSPS) is 12.0. The molecule has 0 bridgehead atoms. The molecule has 6 nitrogen and oxygen atoms in total. The lowest BCUT2D eigenvalue weighted by atomic mass is 10.2. The van der Waals surface area contributed by atoms with Crippen LogP contribution in [0.15, 0.2) is 58.2 Å². The van der Waals surface area contributed by atoms with Crippen molar-refractivity contribution in [2.45, 2.75) is 17.4 Å². The highest BCUT2D eigenvalue weighted by Gasteiger charge is 2.18. The van der Waals surface area contributed by atoms with E-state index in [0.717, 1.165) is 5.52 Å². The lowest BCUT2D eigenvalue weighted by molar-refractivity contribution is -0.115. The van der Waals surface area contributed by atoms with Crippen molar-refractivity contribution in [2.75, 3.05) is 5.32 Å². The Bertz CT molecular complexity index is 873. The fraction of sp³-hybridized carbons (Fsp3) is 0.118. The number of aromatic nitrogens is 1. The Morgan fingerprint density at radius 3 is 2.75 bits per heavy atom. The van der Waals surface area contributed by atoms with Gasteiger partial charge in [-0.1, -0.05) is 30.0 Å². The maximum absolute atomic E-state index is 12.3. The average molecular weight is 342 g/mol. The summed E-state index contributed by atoms with van der Waals surface area (Å²) in [6, 6.07) is 13.5. The standard InChI is InChI=1S/C17H14N2O4S/c1-10(24-17-19-13-7-2-3-8-14(13)23-17)15(20)18-12-6-4-5-11(9-12)16(21)22/h2-10H,1H3,(H,18,20)(H,21,22). The van der Waals surface area contributed by atoms with Crippen LogP contribution in [-0.4, -0.2) is 27.2 Å². The van der Waals surface area contributed by atoms with Gasteiger partial charge in [-0.25, -0.2) is 9.78 Å². The third-order valence-corrected chi connectivity index (χ3v) is 4.24. The molecular formula is C17H14N2O4S. The van der Waals surface area contributed by atoms with Crippen LogP contribution in [0.1, 0.15) is 17.3 Å². The number of hydrogen-bond acceptors (Lipinski definition) is 5. The second kappa shape index (κ2) is 6.76. The van der Waals surface area contributed by atoms with E-state index in [1.807, 2.05) is 24.3 Å². The van der Waals surface area contributed by atoms with Crippen LogP contribution >= 0.6 is 11.8 Å². The number of amides is 1. The number of para-hydroxylation sites is 2. The molecule has 2 N–H and O–H groups in total. The fourth-order valence-electron chi connectivity index (χ4n) is 2.08. The second-order valence-electron chi connectivity index (χ2n) is 5.08. The molecule has 3 aromatic rings. The molecule has 0 radical (unpaired) electrons. The molecule has 1 heterocycles. The quantitative estimate of drug-likeness (QED) is 0.688. The Morgan fingerprint density at radius 2 is 2.00 bits per heavy atom. The number of carboxylic acid groups (broad SMARTS) is 1. The van der Waals surface area contributed by atoms with Gasteiger partial charge in [0.2, 0.25) is 5.91 Å². The van der Waals surface area contributed by atoms with E-state index in [2.05, 4.69) is 10.3 Å². The predicted octanol–water partition coefficient (Wildman–Crippen LogP) is 3.65. The summed E-state index contributed by atoms with van der Waals surface area (Å²) in [4.78, 5) is 27.5. The first-order valence-corrected chi connectivity index (χ1v) is 8.07. The van der Waals surface area contributed by atoms with Crippen LogP contribution in [0, 0.1) is 0 Å². The van der Waals surface area contributed by atoms with E-state index < -0.39 is 11.2 Å². The zero-order chi connectivity index (χ0) is 17.1. The number of benzene rings is 2. The molecule has 0 fully saturated rings. The summed E-state index contributed by atoms with van der Waals surface area (Å²) in [7, 11) is 0. The van der Waals surface area contributed by atoms with E-state index in [4.69, 9.17) is 9.52 Å². The summed E-state index contributed by atoms with van der Waals surface area (Å²) in [6.45, 7) is 1.73. The number of fused-ring (bicyclic) bond motifs is 1. The first-order valence-electron chi connectivity index (χ1n) is 7.19. The number of oxazole rings is 1. The van der Waals surface area contributed by atoms with Crippen LogP contribution in [0.2, 0.25) is 0 Å². The molecule has 0 aliphatic carbocycles. The number of aromatic carboxylic acids is 1. The molecule has 2 aromatic carbocycles. The largest absolute Gasteiger partial charge is 0.478 e. The van der Waals surface area contributed by atoms with Crippen LogP contribution in [0.25, 0.3) is 11.1 Å². The number of nitrogens with zero attached hydrogens (tertiary/aromatic N) is 1. The van der Waals surface area contributed by atoms with Gasteiger partial charge >= 0.3 is 5.97 Å². The highest BCUT2D eigenvalue weighted by molar-refractivity contribution is 8.00. The van der Waals surface area contributed by atoms with Crippen LogP contribution in [-0.2, 0) is 4.79 Å². The Morgan fingerprint density at radius 1 is 1.21 bits per heavy atom. The fourth-order valence-corrected chi connectivity index (χ4v) is 2.84. The molecule has 7 heteroatoms. The van der Waals surface area contributed by atoms with E-state index in [9.17, 15) is 9.59 Å². The number of carbonyl (C=O) groups excluding carboxylic acids is 1. The van der Waals surface area contributed by atoms with Gasteiger partial charge in [0, 0.05) is 5.69 Å². The van der Waals surface area contributed by atoms with Crippen LogP contribution in [0.5, 0.6) is 0 Å². The number of rotatable bonds is 5. The van der Waals surface area contributed by atoms with Gasteiger partial charge in [-0.2, -0.15) is 0 Å². The third-order valence-electron chi connectivity index (χ3n) is 3.30. The number of nitrogens with one attached hydrogen (secondary N) is 1. The SMILES string of the molecule is CC(Sc1nc2ccccc2o1)C(=O)Nc1cccc(C(=O)O)c1. The van der Waals surface area contributed by atoms with E-state index >= 15 is 0 Å². The molecule has 3 rings (SSSR count). The Balaban J connectivity index is 1.68. The van der Waals surface area contributed by atoms with E-state index in [0.29, 0.717) is 16.5 Å². The van der Waals surface area contributed by atoms with E-state index in [-0.39, 0.29) is 11.5 Å². The highest BCUT2D eigenvalue weighted by atomic mass is 32.2. The smallest absolute Gasteiger partial charge is 0.335 e. The predicted molar refractivity (Wildman–Crippen MR) is 91.4 cm³/mol. The lowest BCUT2D eigenvalue weighted by Gasteiger charge is -2.10. The maximum Gasteiger partial charge on any atom is 0.335 e. The van der Waals surface area contributed by atoms with Crippen molar-refractivity contribution in [1.29, 1.82) is 0 Å². The Labute approximate surface area is 141 Å². The van der Waals surface area contributed by atoms with Gasteiger partial charge in [-0.3, -0.25) is 4.79 Å². The first kappa shape index (κ1) is 16.1. The molecule has 0 spiro atoms. The Hall–Kier alpha value is -2.80. The molecule has 1 atom stereocenters. The second-order valence-corrected chi connectivity index (χ2v) is 6.37. The van der Waals surface area contributed by atoms with Crippen molar-refractivity contribution >= 4 is 40.4 Å². The maximum atomic E-state index is 12.3. The zero-order valence-corrected chi connectivity index (χ0v) is 13.5. The summed E-state index contributed by atoms with van der Waals surface area (Å²) >= 11 is 1.20. The summed E-state index contributed by atoms with van der Waals surface area (Å²) in [5, 5.41) is 11.6. The number of anilines is 1. The summed E-state index contributed by atoms with van der Waals surface area (Å²) in [5.41, 5.74) is 1.96. The average Bonchev–Trinajstić information content (AvgIpc) is 2.97. The molecule has 1 amide bonds. The van der Waals surface area contributed by atoms with Crippen LogP contribution in [0.4, 0.5) is 5.69 Å². The molecule has 0 saturated carbocycles. The molecule has 24 heavy (non-hydrogen) atoms. The summed E-state index contributed by atoms with van der Waals surface area (Å²) in [6.07, 6.45) is 0. The van der Waals surface area contributed by atoms with Crippen LogP contribution in [0.3, 0.4) is 0 Å². The van der Waals surface area contributed by atoms with Crippen molar-refractivity contribution in [2.24, 2.45) is 0 Å². The van der Waals surface area contributed by atoms with E-state index in [1.165, 1.54) is 23.9 Å². The first-order chi connectivity index (χ1) is 11.5. The molecular weight excluding hydrogens is 328 g/mol. The number of carbonyl (C=O) groups is 2. The van der Waals surface area contributed by atoms with Gasteiger partial charge in [0.25, 0.3) is 5.22 Å². The van der Waals surface area contributed by atoms with Gasteiger partial charge in [0.1, 0.15) is 5.52 Å². The van der Waals surface area contributed by atoms with Gasteiger partial charge in [0.15, 0.2) is 5.58 Å². The lowest BCUT2D eigenvalue weighted by Crippen LogP contribution is -2.22. The monoisotopic (exact) mass is 342 g/mol. The highest BCUT2D eigenvalue weighted by Crippen LogP contribution is 2.27. The van der Waals surface area contributed by atoms with E-state index in [1.54, 1.807) is 19.1 Å². The van der Waals surface area contributed by atoms with Crippen molar-refractivity contribution in [3.63, 3.8) is 0 Å². The van der Waals surface area contributed by atoms with Crippen molar-refractivity contribution in [3.8, 4) is 0 Å². The van der Waals surface area contributed by atoms with Crippen molar-refractivity contribution in [3.05, 3.63) is 54.1 Å². The molecule has 122 valence electrons.